The molecule has 0 aromatic heterocycles. The Morgan fingerprint density at radius 2 is 2.00 bits per heavy atom. The fourth-order valence-corrected chi connectivity index (χ4v) is 1.96. The number of nitrogens with two attached hydrogens (primary N) is 1. The summed E-state index contributed by atoms with van der Waals surface area (Å²) < 4.78 is 31.6. The monoisotopic (exact) mass is 275 g/mol. The van der Waals surface area contributed by atoms with E-state index in [9.17, 15) is 13.6 Å². The summed E-state index contributed by atoms with van der Waals surface area (Å²) in [5.74, 6) is -2.14. The SMILES string of the molecule is CCCCOC(=O)CSc1c(F)cc(N)cc1F. The third-order valence-corrected chi connectivity index (χ3v) is 3.17. The molecule has 1 aromatic rings. The van der Waals surface area contributed by atoms with Crippen LogP contribution >= 0.6 is 11.8 Å². The molecular formula is C12H15F2NO2S. The Morgan fingerprint density at radius 3 is 2.56 bits per heavy atom. The maximum Gasteiger partial charge on any atom is 0.316 e. The fraction of sp³-hybridized carbons (Fsp3) is 0.417. The van der Waals surface area contributed by atoms with Crippen LogP contribution in [0.2, 0.25) is 0 Å². The first-order valence-electron chi connectivity index (χ1n) is 5.57. The van der Waals surface area contributed by atoms with Crippen LogP contribution in [0.1, 0.15) is 19.8 Å². The second-order valence-corrected chi connectivity index (χ2v) is 4.66. The third kappa shape index (κ3) is 4.52. The summed E-state index contributed by atoms with van der Waals surface area (Å²) in [6, 6.07) is 2.04. The van der Waals surface area contributed by atoms with Gasteiger partial charge in [-0.15, -0.1) is 11.8 Å². The second-order valence-electron chi connectivity index (χ2n) is 3.68. The molecule has 0 aliphatic carbocycles. The smallest absolute Gasteiger partial charge is 0.316 e. The normalized spacial score (nSPS) is 10.4. The number of ether oxygens (including phenoxy) is 1. The molecule has 1 rings (SSSR count). The highest BCUT2D eigenvalue weighted by atomic mass is 32.2. The van der Waals surface area contributed by atoms with Crippen LogP contribution in [0.5, 0.6) is 0 Å². The number of hydrogen-bond acceptors (Lipinski definition) is 4. The summed E-state index contributed by atoms with van der Waals surface area (Å²) in [5.41, 5.74) is 5.30. The number of esters is 1. The van der Waals surface area contributed by atoms with Gasteiger partial charge < -0.3 is 10.5 Å². The summed E-state index contributed by atoms with van der Waals surface area (Å²) in [6.07, 6.45) is 1.70. The number of benzene rings is 1. The summed E-state index contributed by atoms with van der Waals surface area (Å²) in [7, 11) is 0. The fourth-order valence-electron chi connectivity index (χ4n) is 1.22. The van der Waals surface area contributed by atoms with Crippen molar-refractivity contribution in [2.24, 2.45) is 0 Å². The average molecular weight is 275 g/mol. The molecule has 0 spiro atoms. The van der Waals surface area contributed by atoms with Crippen LogP contribution in [0, 0.1) is 11.6 Å². The number of rotatable bonds is 6. The van der Waals surface area contributed by atoms with Crippen LogP contribution in [0.4, 0.5) is 14.5 Å². The van der Waals surface area contributed by atoms with Gasteiger partial charge in [-0.25, -0.2) is 8.78 Å². The van der Waals surface area contributed by atoms with Crippen molar-refractivity contribution in [1.82, 2.24) is 0 Å². The molecule has 0 unspecified atom stereocenters. The standard InChI is InChI=1S/C12H15F2NO2S/c1-2-3-4-17-11(16)7-18-12-9(13)5-8(15)6-10(12)14/h5-6H,2-4,7,15H2,1H3. The van der Waals surface area contributed by atoms with Crippen LogP contribution in [-0.4, -0.2) is 18.3 Å². The minimum Gasteiger partial charge on any atom is -0.465 e. The van der Waals surface area contributed by atoms with Crippen molar-refractivity contribution in [2.75, 3.05) is 18.1 Å². The van der Waals surface area contributed by atoms with Gasteiger partial charge in [0.25, 0.3) is 0 Å². The Kier molecular flexibility index (Phi) is 5.91. The van der Waals surface area contributed by atoms with Crippen molar-refractivity contribution >= 4 is 23.4 Å². The van der Waals surface area contributed by atoms with Crippen LogP contribution in [0.25, 0.3) is 0 Å². The number of halogens is 2. The van der Waals surface area contributed by atoms with Crippen LogP contribution in [0.15, 0.2) is 17.0 Å². The maximum absolute atomic E-state index is 13.4. The Balaban J connectivity index is 2.51. The minimum atomic E-state index is -0.765. The van der Waals surface area contributed by atoms with Crippen molar-refractivity contribution in [3.63, 3.8) is 0 Å². The maximum atomic E-state index is 13.4. The van der Waals surface area contributed by atoms with Gasteiger partial charge in [-0.1, -0.05) is 13.3 Å². The predicted octanol–water partition coefficient (Wildman–Crippen LogP) is 2.98. The van der Waals surface area contributed by atoms with Crippen LogP contribution in [-0.2, 0) is 9.53 Å². The van der Waals surface area contributed by atoms with E-state index >= 15 is 0 Å². The van der Waals surface area contributed by atoms with Gasteiger partial charge in [-0.05, 0) is 18.6 Å². The Bertz CT molecular complexity index is 404. The summed E-state index contributed by atoms with van der Waals surface area (Å²) >= 11 is 0.768. The van der Waals surface area contributed by atoms with Crippen LogP contribution < -0.4 is 5.73 Å². The molecule has 100 valence electrons. The highest BCUT2D eigenvalue weighted by molar-refractivity contribution is 8.00. The van der Waals surface area contributed by atoms with Crippen molar-refractivity contribution < 1.29 is 18.3 Å². The van der Waals surface area contributed by atoms with Crippen molar-refractivity contribution in [3.8, 4) is 0 Å². The molecule has 0 bridgehead atoms. The molecule has 6 heteroatoms. The number of unbranched alkanes of at least 4 members (excludes halogenated alkanes) is 1. The lowest BCUT2D eigenvalue weighted by molar-refractivity contribution is -0.140. The van der Waals surface area contributed by atoms with Gasteiger partial charge in [0.2, 0.25) is 0 Å². The van der Waals surface area contributed by atoms with E-state index in [-0.39, 0.29) is 16.3 Å². The molecule has 0 saturated heterocycles. The summed E-state index contributed by atoms with van der Waals surface area (Å²) in [6.45, 7) is 2.31. The van der Waals surface area contributed by atoms with Gasteiger partial charge >= 0.3 is 5.97 Å². The Hall–Kier alpha value is -1.30. The van der Waals surface area contributed by atoms with Gasteiger partial charge in [-0.2, -0.15) is 0 Å². The van der Waals surface area contributed by atoms with Crippen molar-refractivity contribution in [3.05, 3.63) is 23.8 Å². The van der Waals surface area contributed by atoms with Crippen molar-refractivity contribution in [2.45, 2.75) is 24.7 Å². The number of thioether (sulfide) groups is 1. The highest BCUT2D eigenvalue weighted by Crippen LogP contribution is 2.27. The molecule has 3 nitrogen and oxygen atoms in total. The van der Waals surface area contributed by atoms with Crippen LogP contribution in [0.3, 0.4) is 0 Å². The lowest BCUT2D eigenvalue weighted by Gasteiger charge is -2.06. The van der Waals surface area contributed by atoms with Gasteiger partial charge in [0.05, 0.1) is 17.3 Å². The summed E-state index contributed by atoms with van der Waals surface area (Å²) in [4.78, 5) is 11.1. The molecule has 18 heavy (non-hydrogen) atoms. The first kappa shape index (κ1) is 14.8. The summed E-state index contributed by atoms with van der Waals surface area (Å²) in [5, 5.41) is 0. The first-order chi connectivity index (χ1) is 8.54. The number of carbonyl (C=O) groups excluding carboxylic acids is 1. The topological polar surface area (TPSA) is 52.3 Å². The van der Waals surface area contributed by atoms with E-state index in [0.29, 0.717) is 6.61 Å². The molecule has 2 N–H and O–H groups in total. The minimum absolute atomic E-state index is 0.0138. The van der Waals surface area contributed by atoms with E-state index in [4.69, 9.17) is 10.5 Å². The second kappa shape index (κ2) is 7.20. The van der Waals surface area contributed by atoms with E-state index < -0.39 is 17.6 Å². The molecule has 0 radical (unpaired) electrons. The molecule has 0 saturated carbocycles. The molecule has 0 aliphatic rings. The molecule has 0 atom stereocenters. The van der Waals surface area contributed by atoms with E-state index in [1.54, 1.807) is 0 Å². The molecule has 0 heterocycles. The van der Waals surface area contributed by atoms with Gasteiger partial charge in [0, 0.05) is 5.69 Å². The lowest BCUT2D eigenvalue weighted by atomic mass is 10.3. The first-order valence-corrected chi connectivity index (χ1v) is 6.56. The van der Waals surface area contributed by atoms with Gasteiger partial charge in [-0.3, -0.25) is 4.79 Å². The zero-order valence-corrected chi connectivity index (χ0v) is 10.9. The quantitative estimate of drug-likeness (QED) is 0.375. The Morgan fingerprint density at radius 1 is 1.39 bits per heavy atom. The van der Waals surface area contributed by atoms with E-state index in [0.717, 1.165) is 36.7 Å². The van der Waals surface area contributed by atoms with E-state index in [1.165, 1.54) is 0 Å². The molecule has 0 amide bonds. The zero-order chi connectivity index (χ0) is 13.5. The average Bonchev–Trinajstić information content (AvgIpc) is 2.27. The lowest BCUT2D eigenvalue weighted by Crippen LogP contribution is -2.08. The highest BCUT2D eigenvalue weighted by Gasteiger charge is 2.13. The van der Waals surface area contributed by atoms with Gasteiger partial charge in [0.15, 0.2) is 0 Å². The molecular weight excluding hydrogens is 260 g/mol. The third-order valence-electron chi connectivity index (χ3n) is 2.12. The largest absolute Gasteiger partial charge is 0.465 e. The van der Waals surface area contributed by atoms with E-state index in [2.05, 4.69) is 0 Å². The van der Waals surface area contributed by atoms with Gasteiger partial charge in [0.1, 0.15) is 11.6 Å². The molecule has 0 aliphatic heterocycles. The Labute approximate surface area is 109 Å². The predicted molar refractivity (Wildman–Crippen MR) is 67.4 cm³/mol. The van der Waals surface area contributed by atoms with Crippen molar-refractivity contribution in [1.29, 1.82) is 0 Å². The zero-order valence-electron chi connectivity index (χ0n) is 10.0. The number of nitrogen functional groups attached to an aromatic ring is 1. The number of hydrogen-bond donors (Lipinski definition) is 1. The van der Waals surface area contributed by atoms with E-state index in [1.807, 2.05) is 6.92 Å². The number of anilines is 1. The molecule has 0 fully saturated rings. The molecule has 1 aromatic carbocycles. The number of carbonyl (C=O) groups is 1.